The Morgan fingerprint density at radius 3 is 1.71 bits per heavy atom. The van der Waals surface area contributed by atoms with Gasteiger partial charge < -0.3 is 5.32 Å². The molecule has 1 N–H and O–H groups in total. The smallest absolute Gasteiger partial charge is 0.325 e. The van der Waals surface area contributed by atoms with Crippen LogP contribution in [0.1, 0.15) is 27.8 Å². The largest absolute Gasteiger partial charge is 0.368 e. The first-order valence-corrected chi connectivity index (χ1v) is 7.71. The van der Waals surface area contributed by atoms with E-state index >= 15 is 0 Å². The van der Waals surface area contributed by atoms with Gasteiger partial charge in [-0.05, 0) is 29.8 Å². The number of fused-ring (bicyclic) bond motifs is 2. The van der Waals surface area contributed by atoms with E-state index in [-0.39, 0.29) is 23.5 Å². The highest BCUT2D eigenvalue weighted by Gasteiger charge is 2.19. The summed E-state index contributed by atoms with van der Waals surface area (Å²) in [5, 5.41) is 38.2. The fraction of sp³-hybridized carbons (Fsp3) is 0.0526. The van der Waals surface area contributed by atoms with Crippen molar-refractivity contribution in [3.8, 4) is 24.3 Å². The molecule has 0 aliphatic carbocycles. The Morgan fingerprint density at radius 1 is 0.750 bits per heavy atom. The SMILES string of the molecule is N#Cc1cc2c(cc1C#N)=NC(=O)N=2.N#Cc1cc2c(cc1C#N)NC(=O)C2. The highest BCUT2D eigenvalue weighted by molar-refractivity contribution is 5.99. The van der Waals surface area contributed by atoms with Crippen molar-refractivity contribution >= 4 is 17.6 Å². The van der Waals surface area contributed by atoms with E-state index in [1.54, 1.807) is 12.1 Å². The molecule has 28 heavy (non-hydrogen) atoms. The number of carbonyl (C=O) groups is 2. The lowest BCUT2D eigenvalue weighted by atomic mass is 10.0. The number of hydrogen-bond donors (Lipinski definition) is 1. The predicted molar refractivity (Wildman–Crippen MR) is 91.8 cm³/mol. The summed E-state index contributed by atoms with van der Waals surface area (Å²) in [5.41, 5.74) is 2.46. The molecule has 0 bridgehead atoms. The Bertz CT molecular complexity index is 1250. The average molecular weight is 365 g/mol. The minimum Gasteiger partial charge on any atom is -0.325 e. The molecule has 9 nitrogen and oxygen atoms in total. The number of anilines is 1. The molecular formula is C19H7N7O2. The second-order valence-electron chi connectivity index (χ2n) is 5.62. The molecule has 3 amide bonds. The first-order chi connectivity index (χ1) is 13.5. The van der Waals surface area contributed by atoms with Crippen molar-refractivity contribution in [2.75, 3.05) is 5.32 Å². The fourth-order valence-corrected chi connectivity index (χ4v) is 2.63. The molecule has 0 fully saturated rings. The minimum absolute atomic E-state index is 0.0982. The molecule has 9 heteroatoms. The molecule has 0 saturated carbocycles. The van der Waals surface area contributed by atoms with Crippen LogP contribution in [0.15, 0.2) is 34.3 Å². The first kappa shape index (κ1) is 17.9. The zero-order chi connectivity index (χ0) is 20.3. The molecule has 0 spiro atoms. The summed E-state index contributed by atoms with van der Waals surface area (Å²) in [6, 6.07) is 12.9. The molecule has 0 radical (unpaired) electrons. The van der Waals surface area contributed by atoms with Gasteiger partial charge in [-0.2, -0.15) is 31.0 Å². The second-order valence-corrected chi connectivity index (χ2v) is 5.62. The summed E-state index contributed by atoms with van der Waals surface area (Å²) >= 11 is 0. The van der Waals surface area contributed by atoms with E-state index in [0.29, 0.717) is 27.5 Å². The summed E-state index contributed by atoms with van der Waals surface area (Å²) in [6.07, 6.45) is 0.287. The second kappa shape index (κ2) is 7.17. The molecule has 2 aliphatic heterocycles. The van der Waals surface area contributed by atoms with Gasteiger partial charge in [-0.25, -0.2) is 4.79 Å². The van der Waals surface area contributed by atoms with Crippen LogP contribution in [0.25, 0.3) is 0 Å². The Hall–Kier alpha value is -4.86. The summed E-state index contributed by atoms with van der Waals surface area (Å²) in [6.45, 7) is 0. The van der Waals surface area contributed by atoms with E-state index in [2.05, 4.69) is 15.3 Å². The maximum Gasteiger partial charge on any atom is 0.368 e. The molecule has 2 aromatic rings. The van der Waals surface area contributed by atoms with Crippen molar-refractivity contribution in [2.45, 2.75) is 6.42 Å². The number of amides is 3. The van der Waals surface area contributed by atoms with Crippen LogP contribution in [0, 0.1) is 45.3 Å². The normalized spacial score (nSPS) is 12.3. The van der Waals surface area contributed by atoms with Crippen LogP contribution in [0.5, 0.6) is 0 Å². The molecule has 0 unspecified atom stereocenters. The van der Waals surface area contributed by atoms with Gasteiger partial charge in [0.15, 0.2) is 0 Å². The predicted octanol–water partition coefficient (Wildman–Crippen LogP) is 0.727. The summed E-state index contributed by atoms with van der Waals surface area (Å²) < 4.78 is 0. The minimum atomic E-state index is -0.598. The van der Waals surface area contributed by atoms with Crippen LogP contribution in [0.4, 0.5) is 10.5 Å². The molecule has 0 atom stereocenters. The zero-order valence-electron chi connectivity index (χ0n) is 14.0. The highest BCUT2D eigenvalue weighted by Crippen LogP contribution is 2.26. The van der Waals surface area contributed by atoms with Gasteiger partial charge in [0.05, 0.1) is 39.4 Å². The quantitative estimate of drug-likeness (QED) is 0.722. The summed E-state index contributed by atoms with van der Waals surface area (Å²) in [5.74, 6) is -0.0982. The van der Waals surface area contributed by atoms with E-state index < -0.39 is 6.03 Å². The van der Waals surface area contributed by atoms with Crippen LogP contribution in [0.3, 0.4) is 0 Å². The van der Waals surface area contributed by atoms with E-state index in [1.165, 1.54) is 12.1 Å². The summed E-state index contributed by atoms with van der Waals surface area (Å²) in [7, 11) is 0. The van der Waals surface area contributed by atoms with Crippen LogP contribution < -0.4 is 16.0 Å². The zero-order valence-corrected chi connectivity index (χ0v) is 14.0. The third kappa shape index (κ3) is 3.28. The van der Waals surface area contributed by atoms with Crippen LogP contribution >= 0.6 is 0 Å². The molecule has 0 aromatic heterocycles. The van der Waals surface area contributed by atoms with E-state index in [0.717, 1.165) is 5.56 Å². The van der Waals surface area contributed by atoms with E-state index in [9.17, 15) is 9.59 Å². The number of urea groups is 1. The van der Waals surface area contributed by atoms with Gasteiger partial charge in [-0.15, -0.1) is 0 Å². The molecular weight excluding hydrogens is 358 g/mol. The lowest BCUT2D eigenvalue weighted by Gasteiger charge is -1.99. The van der Waals surface area contributed by atoms with E-state index in [1.807, 2.05) is 24.3 Å². The molecule has 2 heterocycles. The van der Waals surface area contributed by atoms with Gasteiger partial charge in [0.2, 0.25) is 5.91 Å². The number of carbonyl (C=O) groups excluding carboxylic acids is 2. The van der Waals surface area contributed by atoms with Crippen LogP contribution in [0.2, 0.25) is 0 Å². The van der Waals surface area contributed by atoms with Crippen LogP contribution in [-0.4, -0.2) is 11.9 Å². The van der Waals surface area contributed by atoms with Crippen molar-refractivity contribution in [1.29, 1.82) is 21.0 Å². The molecule has 2 aliphatic rings. The number of rotatable bonds is 0. The Balaban J connectivity index is 0.000000161. The number of nitrogens with zero attached hydrogens (tertiary/aromatic N) is 6. The molecule has 0 saturated heterocycles. The van der Waals surface area contributed by atoms with Crippen molar-refractivity contribution in [1.82, 2.24) is 0 Å². The highest BCUT2D eigenvalue weighted by atomic mass is 16.2. The monoisotopic (exact) mass is 365 g/mol. The van der Waals surface area contributed by atoms with Gasteiger partial charge in [0, 0.05) is 5.69 Å². The maximum absolute atomic E-state index is 11.0. The lowest BCUT2D eigenvalue weighted by molar-refractivity contribution is -0.115. The van der Waals surface area contributed by atoms with E-state index in [4.69, 9.17) is 21.0 Å². The Labute approximate surface area is 157 Å². The molecule has 4 rings (SSSR count). The fourth-order valence-electron chi connectivity index (χ4n) is 2.63. The van der Waals surface area contributed by atoms with Gasteiger partial charge >= 0.3 is 6.03 Å². The first-order valence-electron chi connectivity index (χ1n) is 7.71. The maximum atomic E-state index is 11.0. The standard InChI is InChI=1S/C10H5N3O.C9H2N4O/c11-4-7-1-6-3-10(14)13-9(6)2-8(7)5-12;10-3-5-1-7-8(2-6(5)4-11)13-9(14)12-7/h1-2H,3H2,(H,13,14);1-2H. The molecule has 130 valence electrons. The van der Waals surface area contributed by atoms with Crippen molar-refractivity contribution < 1.29 is 9.59 Å². The van der Waals surface area contributed by atoms with Gasteiger partial charge in [0.1, 0.15) is 24.3 Å². The van der Waals surface area contributed by atoms with Gasteiger partial charge in [-0.3, -0.25) is 4.79 Å². The Morgan fingerprint density at radius 2 is 1.21 bits per heavy atom. The Kier molecular flexibility index (Phi) is 4.60. The topological polar surface area (TPSA) is 166 Å². The van der Waals surface area contributed by atoms with Gasteiger partial charge in [-0.1, -0.05) is 0 Å². The molecule has 2 aromatic carbocycles. The number of benzene rings is 2. The van der Waals surface area contributed by atoms with Crippen LogP contribution in [-0.2, 0) is 11.2 Å². The van der Waals surface area contributed by atoms with Crippen molar-refractivity contribution in [3.63, 3.8) is 0 Å². The lowest BCUT2D eigenvalue weighted by Crippen LogP contribution is -2.22. The number of nitrogens with one attached hydrogen (secondary N) is 1. The van der Waals surface area contributed by atoms with Crippen molar-refractivity contribution in [2.24, 2.45) is 9.98 Å². The number of hydrogen-bond acceptors (Lipinski definition) is 6. The third-order valence-corrected chi connectivity index (χ3v) is 3.90. The van der Waals surface area contributed by atoms with Crippen molar-refractivity contribution in [3.05, 3.63) is 62.8 Å². The average Bonchev–Trinajstić information content (AvgIpc) is 3.25. The van der Waals surface area contributed by atoms with Gasteiger partial charge in [0.25, 0.3) is 0 Å². The summed E-state index contributed by atoms with van der Waals surface area (Å²) in [4.78, 5) is 29.0. The third-order valence-electron chi connectivity index (χ3n) is 3.90. The number of nitriles is 4.